The molecule has 0 aliphatic rings. The van der Waals surface area contributed by atoms with E-state index in [1.54, 1.807) is 19.2 Å². The van der Waals surface area contributed by atoms with Crippen molar-refractivity contribution in [3.63, 3.8) is 0 Å². The summed E-state index contributed by atoms with van der Waals surface area (Å²) in [5.74, 6) is 0.702. The van der Waals surface area contributed by atoms with E-state index in [0.29, 0.717) is 11.3 Å². The minimum Gasteiger partial charge on any atom is -0.496 e. The lowest BCUT2D eigenvalue weighted by Gasteiger charge is -2.10. The van der Waals surface area contributed by atoms with Gasteiger partial charge < -0.3 is 16.2 Å². The number of allylic oxidation sites excluding steroid dienone is 1. The standard InChI is InChI=1S/C14H15ClN4O/c1-8-4-5-10(6-12(8)20-3)13(19-9(2)17)11(7-16)14(15)18/h4-6H,2,17-18H2,1,3H3/b14-11-,19-13-. The lowest BCUT2D eigenvalue weighted by molar-refractivity contribution is 0.411. The van der Waals surface area contributed by atoms with E-state index in [0.717, 1.165) is 5.56 Å². The molecule has 0 radical (unpaired) electrons. The van der Waals surface area contributed by atoms with Crippen molar-refractivity contribution in [2.75, 3.05) is 7.11 Å². The highest BCUT2D eigenvalue weighted by Crippen LogP contribution is 2.22. The molecule has 0 amide bonds. The molecule has 0 aliphatic heterocycles. The summed E-state index contributed by atoms with van der Waals surface area (Å²) in [6.07, 6.45) is 0. The summed E-state index contributed by atoms with van der Waals surface area (Å²) in [5, 5.41) is 9.01. The van der Waals surface area contributed by atoms with Crippen molar-refractivity contribution in [3.05, 3.63) is 52.5 Å². The molecule has 0 bridgehead atoms. The van der Waals surface area contributed by atoms with Crippen molar-refractivity contribution >= 4 is 17.3 Å². The van der Waals surface area contributed by atoms with Gasteiger partial charge in [-0.3, -0.25) is 0 Å². The third kappa shape index (κ3) is 3.53. The lowest BCUT2D eigenvalue weighted by Crippen LogP contribution is -2.11. The highest BCUT2D eigenvalue weighted by Gasteiger charge is 2.15. The molecule has 0 fully saturated rings. The molecule has 1 aromatic rings. The summed E-state index contributed by atoms with van der Waals surface area (Å²) in [4.78, 5) is 4.04. The molecule has 104 valence electrons. The number of hydrogen-bond donors (Lipinski definition) is 2. The molecule has 0 atom stereocenters. The zero-order chi connectivity index (χ0) is 15.3. The van der Waals surface area contributed by atoms with Crippen LogP contribution in [0.15, 0.2) is 46.3 Å². The van der Waals surface area contributed by atoms with Gasteiger partial charge in [-0.1, -0.05) is 30.3 Å². The number of nitrogens with zero attached hydrogens (tertiary/aromatic N) is 2. The van der Waals surface area contributed by atoms with Crippen LogP contribution >= 0.6 is 11.6 Å². The zero-order valence-corrected chi connectivity index (χ0v) is 12.0. The molecule has 5 nitrogen and oxygen atoms in total. The van der Waals surface area contributed by atoms with Crippen LogP contribution in [0.2, 0.25) is 0 Å². The third-order valence-corrected chi connectivity index (χ3v) is 2.71. The van der Waals surface area contributed by atoms with Gasteiger partial charge in [0.15, 0.2) is 0 Å². The molecule has 0 aromatic heterocycles. The van der Waals surface area contributed by atoms with Crippen molar-refractivity contribution in [2.45, 2.75) is 6.92 Å². The first-order chi connectivity index (χ1) is 9.40. The van der Waals surface area contributed by atoms with Crippen LogP contribution in [-0.2, 0) is 0 Å². The Morgan fingerprint density at radius 2 is 2.10 bits per heavy atom. The highest BCUT2D eigenvalue weighted by molar-refractivity contribution is 6.33. The Balaban J connectivity index is 3.53. The first kappa shape index (κ1) is 15.6. The molecule has 0 spiro atoms. The van der Waals surface area contributed by atoms with Gasteiger partial charge in [-0.15, -0.1) is 0 Å². The minimum atomic E-state index is -0.160. The molecule has 0 saturated heterocycles. The maximum absolute atomic E-state index is 9.17. The molecule has 0 saturated carbocycles. The molecule has 1 aromatic carbocycles. The Morgan fingerprint density at radius 1 is 1.45 bits per heavy atom. The van der Waals surface area contributed by atoms with Crippen LogP contribution in [0.3, 0.4) is 0 Å². The normalized spacial score (nSPS) is 12.4. The van der Waals surface area contributed by atoms with Gasteiger partial charge in [0.2, 0.25) is 0 Å². The van der Waals surface area contributed by atoms with E-state index in [-0.39, 0.29) is 22.3 Å². The number of rotatable bonds is 4. The summed E-state index contributed by atoms with van der Waals surface area (Å²) in [6, 6.07) is 7.25. The minimum absolute atomic E-state index is 0.0316. The van der Waals surface area contributed by atoms with E-state index in [2.05, 4.69) is 11.6 Å². The zero-order valence-electron chi connectivity index (χ0n) is 11.3. The van der Waals surface area contributed by atoms with Gasteiger partial charge in [0.25, 0.3) is 0 Å². The second-order valence-corrected chi connectivity index (χ2v) is 4.38. The van der Waals surface area contributed by atoms with Gasteiger partial charge in [0.1, 0.15) is 28.4 Å². The molecular formula is C14H15ClN4O. The van der Waals surface area contributed by atoms with Crippen molar-refractivity contribution in [2.24, 2.45) is 16.5 Å². The number of hydrogen-bond acceptors (Lipinski definition) is 5. The number of ether oxygens (including phenoxy) is 1. The predicted molar refractivity (Wildman–Crippen MR) is 80.3 cm³/mol. The van der Waals surface area contributed by atoms with Crippen LogP contribution < -0.4 is 16.2 Å². The van der Waals surface area contributed by atoms with Crippen molar-refractivity contribution < 1.29 is 4.74 Å². The Kier molecular flexibility index (Phi) is 5.18. The van der Waals surface area contributed by atoms with E-state index < -0.39 is 0 Å². The van der Waals surface area contributed by atoms with Crippen molar-refractivity contribution in [1.29, 1.82) is 5.26 Å². The Morgan fingerprint density at radius 3 is 2.55 bits per heavy atom. The summed E-state index contributed by atoms with van der Waals surface area (Å²) < 4.78 is 5.24. The quantitative estimate of drug-likeness (QED) is 0.504. The van der Waals surface area contributed by atoms with E-state index >= 15 is 0 Å². The summed E-state index contributed by atoms with van der Waals surface area (Å²) in [5.41, 5.74) is 12.8. The molecule has 0 unspecified atom stereocenters. The molecular weight excluding hydrogens is 276 g/mol. The van der Waals surface area contributed by atoms with Crippen molar-refractivity contribution in [3.8, 4) is 11.8 Å². The Labute approximate surface area is 122 Å². The average Bonchev–Trinajstić information content (AvgIpc) is 2.38. The maximum atomic E-state index is 9.17. The number of benzene rings is 1. The van der Waals surface area contributed by atoms with Crippen LogP contribution in [0, 0.1) is 18.3 Å². The second-order valence-electron chi connectivity index (χ2n) is 3.97. The number of nitriles is 1. The predicted octanol–water partition coefficient (Wildman–Crippen LogP) is 2.16. The topological polar surface area (TPSA) is 97.4 Å². The summed E-state index contributed by atoms with van der Waals surface area (Å²) >= 11 is 5.73. The van der Waals surface area contributed by atoms with Crippen LogP contribution in [-0.4, -0.2) is 12.8 Å². The smallest absolute Gasteiger partial charge is 0.122 e. The third-order valence-electron chi connectivity index (χ3n) is 2.52. The number of nitrogens with two attached hydrogens (primary N) is 2. The average molecular weight is 291 g/mol. The van der Waals surface area contributed by atoms with Gasteiger partial charge in [-0.2, -0.15) is 5.26 Å². The fourth-order valence-corrected chi connectivity index (χ4v) is 1.73. The number of halogens is 1. The van der Waals surface area contributed by atoms with E-state index in [9.17, 15) is 0 Å². The first-order valence-electron chi connectivity index (χ1n) is 5.64. The van der Waals surface area contributed by atoms with Crippen LogP contribution in [0.4, 0.5) is 0 Å². The largest absolute Gasteiger partial charge is 0.496 e. The van der Waals surface area contributed by atoms with Crippen LogP contribution in [0.1, 0.15) is 11.1 Å². The summed E-state index contributed by atoms with van der Waals surface area (Å²) in [6.45, 7) is 5.40. The maximum Gasteiger partial charge on any atom is 0.122 e. The van der Waals surface area contributed by atoms with Gasteiger partial charge in [-0.05, 0) is 18.6 Å². The molecule has 4 N–H and O–H groups in total. The Bertz CT molecular complexity index is 637. The molecule has 6 heteroatoms. The molecule has 0 aliphatic carbocycles. The highest BCUT2D eigenvalue weighted by atomic mass is 35.5. The SMILES string of the molecule is C=C(N)/N=C(\C(C#N)=C(/N)Cl)c1ccc(C)c(OC)c1. The lowest BCUT2D eigenvalue weighted by atomic mass is 10.0. The fraction of sp³-hybridized carbons (Fsp3) is 0.143. The fourth-order valence-electron chi connectivity index (χ4n) is 1.60. The van der Waals surface area contributed by atoms with Gasteiger partial charge >= 0.3 is 0 Å². The van der Waals surface area contributed by atoms with Crippen molar-refractivity contribution in [1.82, 2.24) is 0 Å². The number of aliphatic imine (C=N–C) groups is 1. The summed E-state index contributed by atoms with van der Waals surface area (Å²) in [7, 11) is 1.56. The Hall–Kier alpha value is -2.45. The van der Waals surface area contributed by atoms with E-state index in [1.165, 1.54) is 0 Å². The molecule has 0 heterocycles. The van der Waals surface area contributed by atoms with Gasteiger partial charge in [0.05, 0.1) is 12.8 Å². The van der Waals surface area contributed by atoms with Crippen LogP contribution in [0.5, 0.6) is 5.75 Å². The second kappa shape index (κ2) is 6.64. The van der Waals surface area contributed by atoms with E-state index in [1.807, 2.05) is 19.1 Å². The first-order valence-corrected chi connectivity index (χ1v) is 6.02. The molecule has 20 heavy (non-hydrogen) atoms. The number of methoxy groups -OCH3 is 1. The van der Waals surface area contributed by atoms with Crippen LogP contribution in [0.25, 0.3) is 0 Å². The monoisotopic (exact) mass is 290 g/mol. The van der Waals surface area contributed by atoms with Gasteiger partial charge in [0, 0.05) is 5.56 Å². The number of aryl methyl sites for hydroxylation is 1. The van der Waals surface area contributed by atoms with E-state index in [4.69, 9.17) is 33.1 Å². The van der Waals surface area contributed by atoms with Gasteiger partial charge in [-0.25, -0.2) is 4.99 Å². The molecule has 1 rings (SSSR count).